The lowest BCUT2D eigenvalue weighted by Gasteiger charge is -2.31. The van der Waals surface area contributed by atoms with Crippen molar-refractivity contribution < 1.29 is 33.1 Å². The van der Waals surface area contributed by atoms with Crippen molar-refractivity contribution in [3.8, 4) is 5.75 Å². The first kappa shape index (κ1) is 36.0. The summed E-state index contributed by atoms with van der Waals surface area (Å²) in [6.45, 7) is 5.38. The molecular formula is C40H44FN3O6Si. The number of carbonyl (C=O) groups excluding carboxylic acids is 3. The summed E-state index contributed by atoms with van der Waals surface area (Å²) in [5.74, 6) is -0.962. The second kappa shape index (κ2) is 14.8. The van der Waals surface area contributed by atoms with Gasteiger partial charge in [0.2, 0.25) is 14.3 Å². The number of aliphatic hydroxyl groups is 1. The largest absolute Gasteiger partial charge is 0.497 e. The molecule has 2 heterocycles. The first-order chi connectivity index (χ1) is 24.5. The fraction of sp³-hybridized carbons (Fsp3) is 0.325. The number of aliphatic hydroxyl groups excluding tert-OH is 1. The van der Waals surface area contributed by atoms with Gasteiger partial charge in [0, 0.05) is 41.4 Å². The number of methoxy groups -OCH3 is 1. The smallest absolute Gasteiger partial charge is 0.264 e. The van der Waals surface area contributed by atoms with Crippen LogP contribution in [0.2, 0.25) is 18.6 Å². The van der Waals surface area contributed by atoms with E-state index in [1.54, 1.807) is 72.5 Å². The second-order valence-corrected chi connectivity index (χ2v) is 17.6. The number of rotatable bonds is 12. The van der Waals surface area contributed by atoms with Gasteiger partial charge in [-0.15, -0.1) is 0 Å². The summed E-state index contributed by atoms with van der Waals surface area (Å²) in [7, 11) is -2.00. The third kappa shape index (κ3) is 7.19. The molecule has 0 aliphatic carbocycles. The van der Waals surface area contributed by atoms with Crippen LogP contribution in [-0.4, -0.2) is 62.5 Å². The minimum absolute atomic E-state index is 0.111. The number of benzene rings is 4. The number of hydrogen-bond acceptors (Lipinski definition) is 6. The number of nitrogens with one attached hydrogen (secondary N) is 1. The molecule has 1 fully saturated rings. The van der Waals surface area contributed by atoms with Crippen LogP contribution in [0.4, 0.5) is 15.5 Å². The zero-order valence-corrected chi connectivity index (χ0v) is 30.3. The maximum atomic E-state index is 16.5. The summed E-state index contributed by atoms with van der Waals surface area (Å²) in [5.41, 5.74) is 1.71. The van der Waals surface area contributed by atoms with E-state index in [4.69, 9.17) is 9.47 Å². The van der Waals surface area contributed by atoms with Gasteiger partial charge in [-0.2, -0.15) is 0 Å². The summed E-state index contributed by atoms with van der Waals surface area (Å²) in [5, 5.41) is 12.7. The van der Waals surface area contributed by atoms with Gasteiger partial charge in [-0.1, -0.05) is 67.6 Å². The Morgan fingerprint density at radius 2 is 1.67 bits per heavy atom. The average molecular weight is 710 g/mol. The van der Waals surface area contributed by atoms with E-state index < -0.39 is 31.6 Å². The molecule has 51 heavy (non-hydrogen) atoms. The molecule has 4 aromatic rings. The summed E-state index contributed by atoms with van der Waals surface area (Å²) in [6, 6.07) is 31.1. The van der Waals surface area contributed by atoms with Crippen molar-refractivity contribution in [2.75, 3.05) is 30.5 Å². The van der Waals surface area contributed by atoms with Gasteiger partial charge in [0.15, 0.2) is 5.60 Å². The van der Waals surface area contributed by atoms with Gasteiger partial charge >= 0.3 is 0 Å². The molecule has 0 unspecified atom stereocenters. The molecule has 2 N–H and O–H groups in total. The fourth-order valence-electron chi connectivity index (χ4n) is 7.75. The SMILES string of the molecule is COc1ccc2c(c1)[C@@]1(O[C@H](CC(=O)N(CCO)Cc3ccccc3)[C@@H]([Si](C)(C)F)[C@@H]1C)C(=O)N2Cc1cccc(NC(=O)c2ccccc2)c1. The number of hydrogen-bond donors (Lipinski definition) is 2. The second-order valence-electron chi connectivity index (χ2n) is 13.8. The first-order valence-electron chi connectivity index (χ1n) is 17.2. The van der Waals surface area contributed by atoms with Crippen LogP contribution < -0.4 is 15.0 Å². The van der Waals surface area contributed by atoms with Gasteiger partial charge in [0.05, 0.1) is 38.5 Å². The van der Waals surface area contributed by atoms with Crippen LogP contribution in [0.15, 0.2) is 103 Å². The van der Waals surface area contributed by atoms with Gasteiger partial charge in [-0.25, -0.2) is 0 Å². The van der Waals surface area contributed by atoms with Crippen molar-refractivity contribution in [1.29, 1.82) is 0 Å². The van der Waals surface area contributed by atoms with Crippen LogP contribution in [0.5, 0.6) is 5.75 Å². The highest BCUT2D eigenvalue weighted by Crippen LogP contribution is 2.60. The first-order valence-corrected chi connectivity index (χ1v) is 20.2. The summed E-state index contributed by atoms with van der Waals surface area (Å²) < 4.78 is 28.9. The van der Waals surface area contributed by atoms with Crippen LogP contribution >= 0.6 is 0 Å². The van der Waals surface area contributed by atoms with Crippen molar-refractivity contribution in [1.82, 2.24) is 4.90 Å². The van der Waals surface area contributed by atoms with E-state index >= 15 is 4.11 Å². The van der Waals surface area contributed by atoms with Crippen LogP contribution in [0.1, 0.15) is 40.4 Å². The van der Waals surface area contributed by atoms with Gasteiger partial charge in [-0.3, -0.25) is 14.4 Å². The molecule has 0 saturated carbocycles. The Hall–Kier alpha value is -4.84. The fourth-order valence-corrected chi connectivity index (χ4v) is 10.2. The van der Waals surface area contributed by atoms with Crippen molar-refractivity contribution >= 4 is 37.5 Å². The molecule has 2 aliphatic heterocycles. The summed E-state index contributed by atoms with van der Waals surface area (Å²) >= 11 is 0. The summed E-state index contributed by atoms with van der Waals surface area (Å²) in [4.78, 5) is 44.8. The predicted octanol–water partition coefficient (Wildman–Crippen LogP) is 6.68. The molecule has 11 heteroatoms. The summed E-state index contributed by atoms with van der Waals surface area (Å²) in [6.07, 6.45) is -1.02. The molecule has 0 radical (unpaired) electrons. The van der Waals surface area contributed by atoms with Crippen molar-refractivity contribution in [2.24, 2.45) is 5.92 Å². The van der Waals surface area contributed by atoms with E-state index in [0.717, 1.165) is 11.1 Å². The molecule has 4 atom stereocenters. The maximum absolute atomic E-state index is 16.5. The number of anilines is 2. The van der Waals surface area contributed by atoms with E-state index in [2.05, 4.69) is 5.32 Å². The lowest BCUT2D eigenvalue weighted by molar-refractivity contribution is -0.150. The Labute approximate surface area is 299 Å². The Balaban J connectivity index is 1.32. The normalized spacial score (nSPS) is 21.1. The Kier molecular flexibility index (Phi) is 10.4. The molecule has 9 nitrogen and oxygen atoms in total. The number of nitrogens with zero attached hydrogens (tertiary/aromatic N) is 2. The van der Waals surface area contributed by atoms with Gasteiger partial charge in [-0.05, 0) is 66.7 Å². The number of halogens is 1. The third-order valence-corrected chi connectivity index (χ3v) is 12.5. The van der Waals surface area contributed by atoms with E-state index in [9.17, 15) is 19.5 Å². The van der Waals surface area contributed by atoms with E-state index in [1.807, 2.05) is 67.6 Å². The van der Waals surface area contributed by atoms with Crippen LogP contribution in [0, 0.1) is 5.92 Å². The van der Waals surface area contributed by atoms with Crippen LogP contribution in [-0.2, 0) is 33.0 Å². The third-order valence-electron chi connectivity index (χ3n) is 10.0. The monoisotopic (exact) mass is 709 g/mol. The minimum Gasteiger partial charge on any atom is -0.497 e. The topological polar surface area (TPSA) is 108 Å². The minimum atomic E-state index is -3.55. The standard InChI is InChI=1S/C40H44FN3O6Si/c1-27-37(51(3,4)41)35(24-36(46)43(20-21-45)25-28-12-7-5-8-13-28)50-40(27)33-23-32(49-2)18-19-34(33)44(39(40)48)26-29-14-11-17-31(22-29)42-38(47)30-15-9-6-10-16-30/h5-19,22-23,27,35,37,45H,20-21,24-26H2,1-4H3,(H,42,47)/t27-,35+,37-,40+/m0/s1. The Morgan fingerprint density at radius 3 is 2.33 bits per heavy atom. The predicted molar refractivity (Wildman–Crippen MR) is 197 cm³/mol. The highest BCUT2D eigenvalue weighted by Gasteiger charge is 2.67. The molecule has 266 valence electrons. The molecular weight excluding hydrogens is 666 g/mol. The zero-order valence-electron chi connectivity index (χ0n) is 29.3. The van der Waals surface area contributed by atoms with Crippen LogP contribution in [0.3, 0.4) is 0 Å². The molecule has 4 aromatic carbocycles. The van der Waals surface area contributed by atoms with Gasteiger partial charge in [0.1, 0.15) is 5.75 Å². The Morgan fingerprint density at radius 1 is 0.980 bits per heavy atom. The zero-order chi connectivity index (χ0) is 36.3. The van der Waals surface area contributed by atoms with Crippen molar-refractivity contribution in [3.63, 3.8) is 0 Å². The van der Waals surface area contributed by atoms with Crippen molar-refractivity contribution in [2.45, 2.75) is 56.8 Å². The van der Waals surface area contributed by atoms with Gasteiger partial charge < -0.3 is 33.8 Å². The average Bonchev–Trinajstić information content (AvgIpc) is 3.54. The number of fused-ring (bicyclic) bond motifs is 2. The lowest BCUT2D eigenvalue weighted by Crippen LogP contribution is -2.45. The highest BCUT2D eigenvalue weighted by atomic mass is 28.4. The highest BCUT2D eigenvalue weighted by molar-refractivity contribution is 6.72. The molecule has 1 spiro atoms. The van der Waals surface area contributed by atoms with E-state index in [1.165, 1.54) is 0 Å². The van der Waals surface area contributed by atoms with E-state index in [-0.39, 0.29) is 50.4 Å². The van der Waals surface area contributed by atoms with E-state index in [0.29, 0.717) is 28.3 Å². The molecule has 3 amide bonds. The lowest BCUT2D eigenvalue weighted by atomic mass is 9.82. The molecule has 0 bridgehead atoms. The number of amides is 3. The maximum Gasteiger partial charge on any atom is 0.264 e. The quantitative estimate of drug-likeness (QED) is 0.126. The molecule has 0 aromatic heterocycles. The molecule has 2 aliphatic rings. The Bertz CT molecular complexity index is 1890. The molecule has 6 rings (SSSR count). The van der Waals surface area contributed by atoms with Crippen LogP contribution in [0.25, 0.3) is 0 Å². The van der Waals surface area contributed by atoms with Gasteiger partial charge in [0.25, 0.3) is 11.8 Å². The number of ether oxygens (including phenoxy) is 2. The number of carbonyl (C=O) groups is 3. The van der Waals surface area contributed by atoms with Crippen molar-refractivity contribution in [3.05, 3.63) is 125 Å². The molecule has 1 saturated heterocycles.